The molecule has 0 saturated heterocycles. The average Bonchev–Trinajstić information content (AvgIpc) is 1.80. The van der Waals surface area contributed by atoms with Crippen LogP contribution in [0.25, 0.3) is 0 Å². The quantitative estimate of drug-likeness (QED) is 0.513. The summed E-state index contributed by atoms with van der Waals surface area (Å²) < 4.78 is 1.74. The molecule has 5 heteroatoms. The molecule has 1 aromatic rings. The van der Waals surface area contributed by atoms with Gasteiger partial charge < -0.3 is 0 Å². The number of hydrogen-bond acceptors (Lipinski definition) is 1. The molecule has 0 amide bonds. The van der Waals surface area contributed by atoms with Crippen molar-refractivity contribution in [3.63, 3.8) is 0 Å². The van der Waals surface area contributed by atoms with E-state index < -0.39 is 0 Å². The highest BCUT2D eigenvalue weighted by atomic mass is 127. The Morgan fingerprint density at radius 1 is 1.60 bits per heavy atom. The van der Waals surface area contributed by atoms with Gasteiger partial charge in [-0.05, 0) is 44.6 Å². The maximum atomic E-state index is 5.74. The lowest BCUT2D eigenvalue weighted by Crippen LogP contribution is -1.77. The van der Waals surface area contributed by atoms with Crippen LogP contribution in [0.1, 0.15) is 0 Å². The van der Waals surface area contributed by atoms with Crippen LogP contribution >= 0.6 is 62.5 Å². The standard InChI is InChI=1S/C5H2BrClIN.ClH/c6-5-1-3(7)4(8)2-9-5;/h1-2H;1H. The van der Waals surface area contributed by atoms with Crippen LogP contribution in [0.3, 0.4) is 0 Å². The first kappa shape index (κ1) is 10.9. The summed E-state index contributed by atoms with van der Waals surface area (Å²) in [6.07, 6.45) is 1.72. The fourth-order valence-electron chi connectivity index (χ4n) is 0.391. The van der Waals surface area contributed by atoms with Crippen LogP contribution in [0.15, 0.2) is 16.9 Å². The van der Waals surface area contributed by atoms with Crippen molar-refractivity contribution in [2.75, 3.05) is 0 Å². The zero-order chi connectivity index (χ0) is 6.85. The molecule has 0 saturated carbocycles. The number of rotatable bonds is 0. The molecular weight excluding hydrogens is 352 g/mol. The van der Waals surface area contributed by atoms with Gasteiger partial charge in [-0.3, -0.25) is 0 Å². The molecule has 56 valence electrons. The zero-order valence-electron chi connectivity index (χ0n) is 4.64. The van der Waals surface area contributed by atoms with Crippen LogP contribution in [0, 0.1) is 3.57 Å². The molecule has 0 spiro atoms. The summed E-state index contributed by atoms with van der Waals surface area (Å²) in [6.45, 7) is 0. The van der Waals surface area contributed by atoms with Crippen molar-refractivity contribution >= 4 is 62.5 Å². The molecule has 0 aromatic carbocycles. The van der Waals surface area contributed by atoms with E-state index in [4.69, 9.17) is 11.6 Å². The van der Waals surface area contributed by atoms with E-state index >= 15 is 0 Å². The molecular formula is C5H3BrCl2IN. The van der Waals surface area contributed by atoms with Gasteiger partial charge in [0.2, 0.25) is 0 Å². The average molecular weight is 355 g/mol. The van der Waals surface area contributed by atoms with E-state index in [1.165, 1.54) is 0 Å². The molecule has 0 fully saturated rings. The van der Waals surface area contributed by atoms with Crippen LogP contribution < -0.4 is 0 Å². The SMILES string of the molecule is Cl.Clc1cc(Br)ncc1I. The van der Waals surface area contributed by atoms with Crippen molar-refractivity contribution in [3.05, 3.63) is 25.5 Å². The Kier molecular flexibility index (Phi) is 5.19. The Hall–Kier alpha value is 0.940. The second kappa shape index (κ2) is 4.74. The second-order valence-electron chi connectivity index (χ2n) is 1.42. The maximum Gasteiger partial charge on any atom is 0.107 e. The Morgan fingerprint density at radius 3 is 2.60 bits per heavy atom. The van der Waals surface area contributed by atoms with Crippen molar-refractivity contribution in [3.8, 4) is 0 Å². The minimum absolute atomic E-state index is 0. The fraction of sp³-hybridized carbons (Fsp3) is 0. The highest BCUT2D eigenvalue weighted by Gasteiger charge is 1.95. The van der Waals surface area contributed by atoms with E-state index in [1.807, 2.05) is 0 Å². The Bertz CT molecular complexity index is 231. The minimum Gasteiger partial charge on any atom is -0.248 e. The van der Waals surface area contributed by atoms with Crippen molar-refractivity contribution < 1.29 is 0 Å². The Labute approximate surface area is 92.2 Å². The van der Waals surface area contributed by atoms with Gasteiger partial charge in [0, 0.05) is 6.20 Å². The van der Waals surface area contributed by atoms with E-state index in [0.29, 0.717) is 0 Å². The third-order valence-corrected chi connectivity index (χ3v) is 2.70. The lowest BCUT2D eigenvalue weighted by atomic mass is 10.5. The molecule has 0 aliphatic rings. The molecule has 1 heterocycles. The number of halogens is 4. The summed E-state index contributed by atoms with van der Waals surface area (Å²) in [4.78, 5) is 3.96. The van der Waals surface area contributed by atoms with Gasteiger partial charge >= 0.3 is 0 Å². The van der Waals surface area contributed by atoms with Crippen LogP contribution in [0.4, 0.5) is 0 Å². The minimum atomic E-state index is 0. The van der Waals surface area contributed by atoms with E-state index in [1.54, 1.807) is 12.3 Å². The molecule has 0 aliphatic heterocycles. The van der Waals surface area contributed by atoms with E-state index in [0.717, 1.165) is 13.2 Å². The first-order valence-corrected chi connectivity index (χ1v) is 4.41. The lowest BCUT2D eigenvalue weighted by Gasteiger charge is -1.92. The van der Waals surface area contributed by atoms with Gasteiger partial charge in [0.25, 0.3) is 0 Å². The molecule has 0 unspecified atom stereocenters. The van der Waals surface area contributed by atoms with Crippen molar-refractivity contribution in [2.45, 2.75) is 0 Å². The second-order valence-corrected chi connectivity index (χ2v) is 3.80. The predicted octanol–water partition coefficient (Wildman–Crippen LogP) is 3.52. The molecule has 1 rings (SSSR count). The van der Waals surface area contributed by atoms with Crippen LogP contribution in [-0.2, 0) is 0 Å². The highest BCUT2D eigenvalue weighted by Crippen LogP contribution is 2.19. The summed E-state index contributed by atoms with van der Waals surface area (Å²) >= 11 is 11.1. The van der Waals surface area contributed by atoms with Gasteiger partial charge in [0.15, 0.2) is 0 Å². The van der Waals surface area contributed by atoms with Crippen LogP contribution in [-0.4, -0.2) is 4.98 Å². The van der Waals surface area contributed by atoms with Gasteiger partial charge in [0.05, 0.1) is 8.59 Å². The molecule has 0 atom stereocenters. The summed E-state index contributed by atoms with van der Waals surface area (Å²) in [7, 11) is 0. The van der Waals surface area contributed by atoms with Crippen molar-refractivity contribution in [1.82, 2.24) is 4.98 Å². The smallest absolute Gasteiger partial charge is 0.107 e. The number of pyridine rings is 1. The molecule has 1 aromatic heterocycles. The van der Waals surface area contributed by atoms with Crippen LogP contribution in [0.5, 0.6) is 0 Å². The number of aromatic nitrogens is 1. The third-order valence-electron chi connectivity index (χ3n) is 0.775. The highest BCUT2D eigenvalue weighted by molar-refractivity contribution is 14.1. The fourth-order valence-corrected chi connectivity index (χ4v) is 1.30. The third kappa shape index (κ3) is 2.90. The Morgan fingerprint density at radius 2 is 2.20 bits per heavy atom. The van der Waals surface area contributed by atoms with Gasteiger partial charge in [-0.1, -0.05) is 11.6 Å². The van der Waals surface area contributed by atoms with E-state index in [2.05, 4.69) is 43.5 Å². The van der Waals surface area contributed by atoms with E-state index in [-0.39, 0.29) is 12.4 Å². The first-order chi connectivity index (χ1) is 4.20. The van der Waals surface area contributed by atoms with Gasteiger partial charge in [0.1, 0.15) is 4.60 Å². The summed E-state index contributed by atoms with van der Waals surface area (Å²) in [5.41, 5.74) is 0. The molecule has 0 aliphatic carbocycles. The molecule has 10 heavy (non-hydrogen) atoms. The first-order valence-electron chi connectivity index (χ1n) is 2.16. The van der Waals surface area contributed by atoms with Gasteiger partial charge in [-0.25, -0.2) is 4.98 Å². The largest absolute Gasteiger partial charge is 0.248 e. The normalized spacial score (nSPS) is 8.70. The molecule has 1 nitrogen and oxygen atoms in total. The zero-order valence-corrected chi connectivity index (χ0v) is 9.96. The number of hydrogen-bond donors (Lipinski definition) is 0. The van der Waals surface area contributed by atoms with Crippen LogP contribution in [0.2, 0.25) is 5.02 Å². The van der Waals surface area contributed by atoms with E-state index in [9.17, 15) is 0 Å². The lowest BCUT2D eigenvalue weighted by molar-refractivity contribution is 1.26. The monoisotopic (exact) mass is 353 g/mol. The summed E-state index contributed by atoms with van der Waals surface area (Å²) in [5, 5.41) is 0.734. The van der Waals surface area contributed by atoms with Crippen molar-refractivity contribution in [1.29, 1.82) is 0 Å². The summed E-state index contributed by atoms with van der Waals surface area (Å²) in [5.74, 6) is 0. The maximum absolute atomic E-state index is 5.74. The molecule has 0 N–H and O–H groups in total. The van der Waals surface area contributed by atoms with Crippen molar-refractivity contribution in [2.24, 2.45) is 0 Å². The summed E-state index contributed by atoms with van der Waals surface area (Å²) in [6, 6.07) is 1.77. The van der Waals surface area contributed by atoms with Gasteiger partial charge in [-0.2, -0.15) is 0 Å². The van der Waals surface area contributed by atoms with Gasteiger partial charge in [-0.15, -0.1) is 12.4 Å². The topological polar surface area (TPSA) is 12.9 Å². The molecule has 0 bridgehead atoms. The number of nitrogens with zero attached hydrogens (tertiary/aromatic N) is 1. The molecule has 0 radical (unpaired) electrons. The Balaban J connectivity index is 0.000000810. The predicted molar refractivity (Wildman–Crippen MR) is 56.9 cm³/mol.